The van der Waals surface area contributed by atoms with Crippen LogP contribution >= 0.6 is 0 Å². The number of fused-ring (bicyclic) bond motifs is 1. The predicted molar refractivity (Wildman–Crippen MR) is 76.3 cm³/mol. The molecule has 0 unspecified atom stereocenters. The van der Waals surface area contributed by atoms with Gasteiger partial charge in [-0.15, -0.1) is 0 Å². The summed E-state index contributed by atoms with van der Waals surface area (Å²) < 4.78 is 19.8. The van der Waals surface area contributed by atoms with Gasteiger partial charge in [0.05, 0.1) is 12.8 Å². The van der Waals surface area contributed by atoms with Gasteiger partial charge in [-0.1, -0.05) is 0 Å². The van der Waals surface area contributed by atoms with E-state index in [1.54, 1.807) is 12.1 Å². The molecule has 2 aromatic rings. The van der Waals surface area contributed by atoms with Crippen LogP contribution in [0.5, 0.6) is 5.75 Å². The second-order valence-corrected chi connectivity index (χ2v) is 5.16. The van der Waals surface area contributed by atoms with E-state index < -0.39 is 17.7 Å². The number of nitrogens with zero attached hydrogens (tertiary/aromatic N) is 2. The zero-order valence-corrected chi connectivity index (χ0v) is 12.6. The lowest BCUT2D eigenvalue weighted by Gasteiger charge is -2.29. The third kappa shape index (κ3) is 2.68. The number of carbonyl (C=O) groups is 2. The van der Waals surface area contributed by atoms with Gasteiger partial charge < -0.3 is 19.5 Å². The Balaban J connectivity index is 1.90. The minimum absolute atomic E-state index is 0.259. The van der Waals surface area contributed by atoms with E-state index in [0.717, 1.165) is 0 Å². The Labute approximate surface area is 130 Å². The standard InChI is InChI=1S/C14H13N3O6/c1-14(2)21-12(18)7(13(19)22-14)6-15-8-4-5-9(20-3)11-10(8)16-23-17-11/h4-6,15H,1-3H3. The fraction of sp³-hybridized carbons (Fsp3) is 0.286. The number of esters is 2. The largest absolute Gasteiger partial charge is 0.494 e. The Kier molecular flexibility index (Phi) is 3.40. The lowest BCUT2D eigenvalue weighted by Crippen LogP contribution is -2.42. The van der Waals surface area contributed by atoms with Crippen molar-refractivity contribution in [1.82, 2.24) is 10.3 Å². The third-order valence-corrected chi connectivity index (χ3v) is 3.09. The summed E-state index contributed by atoms with van der Waals surface area (Å²) in [6.07, 6.45) is 1.19. The third-order valence-electron chi connectivity index (χ3n) is 3.09. The van der Waals surface area contributed by atoms with Crippen molar-refractivity contribution in [2.45, 2.75) is 19.6 Å². The maximum absolute atomic E-state index is 11.9. The van der Waals surface area contributed by atoms with Gasteiger partial charge in [-0.2, -0.15) is 0 Å². The summed E-state index contributed by atoms with van der Waals surface area (Å²) in [7, 11) is 1.49. The second-order valence-electron chi connectivity index (χ2n) is 5.16. The summed E-state index contributed by atoms with van der Waals surface area (Å²) in [6, 6.07) is 3.29. The van der Waals surface area contributed by atoms with Crippen LogP contribution in [0.1, 0.15) is 13.8 Å². The molecule has 0 spiro atoms. The zero-order chi connectivity index (χ0) is 16.6. The summed E-state index contributed by atoms with van der Waals surface area (Å²) in [4.78, 5) is 23.7. The number of nitrogens with one attached hydrogen (secondary N) is 1. The molecule has 1 aliphatic heterocycles. The van der Waals surface area contributed by atoms with E-state index >= 15 is 0 Å². The molecule has 0 saturated carbocycles. The van der Waals surface area contributed by atoms with Gasteiger partial charge in [0.25, 0.3) is 5.79 Å². The number of methoxy groups -OCH3 is 1. The monoisotopic (exact) mass is 319 g/mol. The summed E-state index contributed by atoms with van der Waals surface area (Å²) >= 11 is 0. The SMILES string of the molecule is COc1ccc(NC=C2C(=O)OC(C)(C)OC2=O)c2nonc12. The first-order valence-electron chi connectivity index (χ1n) is 6.64. The average molecular weight is 319 g/mol. The van der Waals surface area contributed by atoms with E-state index in [0.29, 0.717) is 22.5 Å². The normalized spacial score (nSPS) is 16.7. The number of rotatable bonds is 3. The molecule has 120 valence electrons. The molecule has 1 aliphatic rings. The summed E-state index contributed by atoms with van der Waals surface area (Å²) in [5, 5.41) is 10.3. The van der Waals surface area contributed by atoms with Crippen LogP contribution in [-0.4, -0.2) is 35.1 Å². The average Bonchev–Trinajstić information content (AvgIpc) is 2.94. The molecular weight excluding hydrogens is 306 g/mol. The number of cyclic esters (lactones) is 2. The number of anilines is 1. The summed E-state index contributed by atoms with van der Waals surface area (Å²) in [5.41, 5.74) is 1.01. The fourth-order valence-corrected chi connectivity index (χ4v) is 2.05. The molecule has 9 nitrogen and oxygen atoms in total. The van der Waals surface area contributed by atoms with Crippen molar-refractivity contribution in [3.05, 3.63) is 23.9 Å². The van der Waals surface area contributed by atoms with Gasteiger partial charge in [0.2, 0.25) is 0 Å². The maximum Gasteiger partial charge on any atom is 0.350 e. The van der Waals surface area contributed by atoms with Gasteiger partial charge in [-0.3, -0.25) is 0 Å². The van der Waals surface area contributed by atoms with E-state index in [1.165, 1.54) is 27.2 Å². The molecule has 0 bridgehead atoms. The van der Waals surface area contributed by atoms with E-state index in [9.17, 15) is 9.59 Å². The van der Waals surface area contributed by atoms with Gasteiger partial charge >= 0.3 is 11.9 Å². The van der Waals surface area contributed by atoms with Crippen LogP contribution in [0.15, 0.2) is 28.5 Å². The van der Waals surface area contributed by atoms with Gasteiger partial charge in [0, 0.05) is 20.0 Å². The highest BCUT2D eigenvalue weighted by atomic mass is 16.7. The number of carbonyl (C=O) groups excluding carboxylic acids is 2. The number of benzene rings is 1. The van der Waals surface area contributed by atoms with Crippen molar-refractivity contribution in [2.75, 3.05) is 12.4 Å². The number of hydrogen-bond acceptors (Lipinski definition) is 9. The molecule has 0 radical (unpaired) electrons. The van der Waals surface area contributed by atoms with E-state index in [2.05, 4.69) is 20.3 Å². The Morgan fingerprint density at radius 2 is 1.78 bits per heavy atom. The Bertz CT molecular complexity index is 801. The fourth-order valence-electron chi connectivity index (χ4n) is 2.05. The molecule has 9 heteroatoms. The Hall–Kier alpha value is -3.10. The molecule has 23 heavy (non-hydrogen) atoms. The molecule has 1 aromatic heterocycles. The molecule has 0 amide bonds. The molecule has 1 N–H and O–H groups in total. The summed E-state index contributed by atoms with van der Waals surface area (Å²) in [6.45, 7) is 2.95. The smallest absolute Gasteiger partial charge is 0.350 e. The van der Waals surface area contributed by atoms with Crippen molar-refractivity contribution < 1.29 is 28.4 Å². The zero-order valence-electron chi connectivity index (χ0n) is 12.6. The van der Waals surface area contributed by atoms with E-state index in [-0.39, 0.29) is 5.57 Å². The van der Waals surface area contributed by atoms with Crippen molar-refractivity contribution in [2.24, 2.45) is 0 Å². The highest BCUT2D eigenvalue weighted by Crippen LogP contribution is 2.29. The number of ether oxygens (including phenoxy) is 3. The topological polar surface area (TPSA) is 113 Å². The van der Waals surface area contributed by atoms with Crippen molar-refractivity contribution in [3.8, 4) is 5.75 Å². The quantitative estimate of drug-likeness (QED) is 0.509. The van der Waals surface area contributed by atoms with Crippen molar-refractivity contribution in [3.63, 3.8) is 0 Å². The molecule has 0 atom stereocenters. The molecule has 0 aliphatic carbocycles. The van der Waals surface area contributed by atoms with Gasteiger partial charge in [-0.25, -0.2) is 14.2 Å². The maximum atomic E-state index is 11.9. The van der Waals surface area contributed by atoms with Gasteiger partial charge in [-0.05, 0) is 22.4 Å². The van der Waals surface area contributed by atoms with Crippen LogP contribution in [-0.2, 0) is 19.1 Å². The van der Waals surface area contributed by atoms with Crippen LogP contribution in [0.25, 0.3) is 11.0 Å². The van der Waals surface area contributed by atoms with Crippen LogP contribution in [0.4, 0.5) is 5.69 Å². The Morgan fingerprint density at radius 3 is 2.43 bits per heavy atom. The summed E-state index contributed by atoms with van der Waals surface area (Å²) in [5.74, 6) is -2.35. The molecule has 3 rings (SSSR count). The van der Waals surface area contributed by atoms with Crippen LogP contribution in [0.3, 0.4) is 0 Å². The van der Waals surface area contributed by atoms with Crippen LogP contribution < -0.4 is 10.1 Å². The Morgan fingerprint density at radius 1 is 1.13 bits per heavy atom. The first-order chi connectivity index (χ1) is 10.9. The van der Waals surface area contributed by atoms with Crippen molar-refractivity contribution >= 4 is 28.7 Å². The van der Waals surface area contributed by atoms with Crippen molar-refractivity contribution in [1.29, 1.82) is 0 Å². The van der Waals surface area contributed by atoms with E-state index in [4.69, 9.17) is 14.2 Å². The highest BCUT2D eigenvalue weighted by molar-refractivity contribution is 6.15. The lowest BCUT2D eigenvalue weighted by atomic mass is 10.2. The first kappa shape index (κ1) is 14.8. The molecule has 1 aromatic carbocycles. The minimum Gasteiger partial charge on any atom is -0.494 e. The lowest BCUT2D eigenvalue weighted by molar-refractivity contribution is -0.222. The van der Waals surface area contributed by atoms with Gasteiger partial charge in [0.1, 0.15) is 0 Å². The minimum atomic E-state index is -1.28. The first-order valence-corrected chi connectivity index (χ1v) is 6.64. The van der Waals surface area contributed by atoms with Crippen LogP contribution in [0.2, 0.25) is 0 Å². The predicted octanol–water partition coefficient (Wildman–Crippen LogP) is 1.36. The van der Waals surface area contributed by atoms with Crippen LogP contribution in [0, 0.1) is 0 Å². The second kappa shape index (κ2) is 5.27. The number of aromatic nitrogens is 2. The highest BCUT2D eigenvalue weighted by Gasteiger charge is 2.39. The molecule has 2 heterocycles. The number of hydrogen-bond donors (Lipinski definition) is 1. The van der Waals surface area contributed by atoms with E-state index in [1.807, 2.05) is 0 Å². The van der Waals surface area contributed by atoms with Gasteiger partial charge in [0.15, 0.2) is 22.4 Å². The molecule has 1 saturated heterocycles. The molecule has 1 fully saturated rings. The molecular formula is C14H13N3O6.